The molecule has 0 radical (unpaired) electrons. The molecule has 2 aromatic carbocycles. The highest BCUT2D eigenvalue weighted by Gasteiger charge is 2.24. The second-order valence-electron chi connectivity index (χ2n) is 8.86. The molecule has 1 amide bonds. The van der Waals surface area contributed by atoms with Crippen molar-refractivity contribution in [2.45, 2.75) is 45.1 Å². The zero-order valence-corrected chi connectivity index (χ0v) is 17.6. The minimum absolute atomic E-state index is 0.00149. The third kappa shape index (κ3) is 3.67. The Morgan fingerprint density at radius 2 is 1.90 bits per heavy atom. The van der Waals surface area contributed by atoms with Gasteiger partial charge in [0.25, 0.3) is 5.91 Å². The summed E-state index contributed by atoms with van der Waals surface area (Å²) in [4.78, 5) is 20.7. The monoisotopic (exact) mass is 399 g/mol. The molecule has 1 aliphatic heterocycles. The lowest BCUT2D eigenvalue weighted by Gasteiger charge is -2.32. The van der Waals surface area contributed by atoms with Gasteiger partial charge in [0.1, 0.15) is 5.82 Å². The molecule has 2 heterocycles. The second-order valence-corrected chi connectivity index (χ2v) is 8.86. The molecule has 1 saturated heterocycles. The smallest absolute Gasteiger partial charge is 0.252 e. The van der Waals surface area contributed by atoms with Gasteiger partial charge in [-0.1, -0.05) is 49.4 Å². The molecular weight excluding hydrogens is 370 g/mol. The van der Waals surface area contributed by atoms with Gasteiger partial charge < -0.3 is 10.2 Å². The molecule has 1 aliphatic carbocycles. The Hall–Kier alpha value is -2.88. The topological polar surface area (TPSA) is 45.2 Å². The number of carbonyl (C=O) groups is 1. The van der Waals surface area contributed by atoms with Gasteiger partial charge in [0.15, 0.2) is 0 Å². The fourth-order valence-electron chi connectivity index (χ4n) is 5.05. The Balaban J connectivity index is 1.49. The maximum Gasteiger partial charge on any atom is 0.252 e. The second kappa shape index (κ2) is 8.10. The quantitative estimate of drug-likeness (QED) is 0.652. The van der Waals surface area contributed by atoms with E-state index in [0.29, 0.717) is 5.92 Å². The Bertz CT molecular complexity index is 1080. The standard InChI is InChI=1S/C26H29N3O/c1-18-8-7-15-29(17-18)25-16-22(21-12-4-5-13-24(21)27-25)26(30)28-23-14-6-10-19-9-2-3-11-20(19)23/h2-5,9,11-13,16,18,23H,6-8,10,14-15,17H2,1H3,(H,28,30). The summed E-state index contributed by atoms with van der Waals surface area (Å²) in [5.41, 5.74) is 4.25. The number of benzene rings is 2. The van der Waals surface area contributed by atoms with Crippen LogP contribution in [-0.4, -0.2) is 24.0 Å². The lowest BCUT2D eigenvalue weighted by molar-refractivity contribution is 0.0934. The predicted molar refractivity (Wildman–Crippen MR) is 122 cm³/mol. The number of nitrogens with zero attached hydrogens (tertiary/aromatic N) is 2. The van der Waals surface area contributed by atoms with Gasteiger partial charge in [-0.3, -0.25) is 4.79 Å². The summed E-state index contributed by atoms with van der Waals surface area (Å²) in [6.45, 7) is 4.30. The molecule has 30 heavy (non-hydrogen) atoms. The van der Waals surface area contributed by atoms with E-state index in [1.807, 2.05) is 30.3 Å². The molecule has 1 aromatic heterocycles. The number of para-hydroxylation sites is 1. The summed E-state index contributed by atoms with van der Waals surface area (Å²) < 4.78 is 0. The first kappa shape index (κ1) is 19.1. The van der Waals surface area contributed by atoms with Crippen molar-refractivity contribution in [3.05, 3.63) is 71.3 Å². The predicted octanol–water partition coefficient (Wildman–Crippen LogP) is 5.28. The van der Waals surface area contributed by atoms with Gasteiger partial charge in [0.2, 0.25) is 0 Å². The van der Waals surface area contributed by atoms with Gasteiger partial charge in [0.05, 0.1) is 17.1 Å². The van der Waals surface area contributed by atoms with E-state index in [2.05, 4.69) is 41.4 Å². The number of anilines is 1. The normalized spacial score (nSPS) is 21.3. The van der Waals surface area contributed by atoms with Crippen molar-refractivity contribution < 1.29 is 4.79 Å². The van der Waals surface area contributed by atoms with Gasteiger partial charge in [0, 0.05) is 18.5 Å². The van der Waals surface area contributed by atoms with Gasteiger partial charge in [-0.05, 0) is 61.3 Å². The molecule has 3 aromatic rings. The Morgan fingerprint density at radius 1 is 1.07 bits per heavy atom. The van der Waals surface area contributed by atoms with Crippen LogP contribution in [0.5, 0.6) is 0 Å². The lowest BCUT2D eigenvalue weighted by atomic mass is 9.87. The Labute approximate surface area is 178 Å². The van der Waals surface area contributed by atoms with Crippen molar-refractivity contribution in [1.29, 1.82) is 0 Å². The van der Waals surface area contributed by atoms with Crippen molar-refractivity contribution in [1.82, 2.24) is 10.3 Å². The molecule has 2 unspecified atom stereocenters. The number of carbonyl (C=O) groups excluding carboxylic acids is 1. The van der Waals surface area contributed by atoms with E-state index >= 15 is 0 Å². The number of aryl methyl sites for hydroxylation is 1. The molecule has 154 valence electrons. The average Bonchev–Trinajstić information content (AvgIpc) is 2.78. The van der Waals surface area contributed by atoms with E-state index in [1.54, 1.807) is 0 Å². The minimum Gasteiger partial charge on any atom is -0.356 e. The molecule has 0 bridgehead atoms. The van der Waals surface area contributed by atoms with E-state index in [9.17, 15) is 4.79 Å². The Morgan fingerprint density at radius 3 is 2.80 bits per heavy atom. The van der Waals surface area contributed by atoms with E-state index in [4.69, 9.17) is 4.98 Å². The molecule has 1 N–H and O–H groups in total. The number of amides is 1. The molecule has 4 nitrogen and oxygen atoms in total. The number of hydrogen-bond donors (Lipinski definition) is 1. The minimum atomic E-state index is 0.00149. The molecule has 1 fully saturated rings. The summed E-state index contributed by atoms with van der Waals surface area (Å²) in [7, 11) is 0. The summed E-state index contributed by atoms with van der Waals surface area (Å²) >= 11 is 0. The first-order valence-electron chi connectivity index (χ1n) is 11.2. The van der Waals surface area contributed by atoms with Gasteiger partial charge in [-0.15, -0.1) is 0 Å². The number of fused-ring (bicyclic) bond motifs is 2. The lowest BCUT2D eigenvalue weighted by Crippen LogP contribution is -2.35. The largest absolute Gasteiger partial charge is 0.356 e. The molecule has 5 rings (SSSR count). The van der Waals surface area contributed by atoms with Crippen LogP contribution >= 0.6 is 0 Å². The molecule has 2 atom stereocenters. The van der Waals surface area contributed by atoms with E-state index in [0.717, 1.165) is 54.6 Å². The van der Waals surface area contributed by atoms with Crippen molar-refractivity contribution >= 4 is 22.6 Å². The van der Waals surface area contributed by atoms with Crippen LogP contribution in [0.4, 0.5) is 5.82 Å². The molecular formula is C26H29N3O. The Kier molecular flexibility index (Phi) is 5.16. The van der Waals surface area contributed by atoms with Crippen LogP contribution in [0, 0.1) is 5.92 Å². The number of aromatic nitrogens is 1. The van der Waals surface area contributed by atoms with Gasteiger partial charge in [-0.25, -0.2) is 4.98 Å². The zero-order valence-electron chi connectivity index (χ0n) is 17.6. The number of hydrogen-bond acceptors (Lipinski definition) is 3. The first-order valence-corrected chi connectivity index (χ1v) is 11.2. The zero-order chi connectivity index (χ0) is 20.5. The van der Waals surface area contributed by atoms with Crippen molar-refractivity contribution in [3.63, 3.8) is 0 Å². The summed E-state index contributed by atoms with van der Waals surface area (Å²) in [5.74, 6) is 1.58. The summed E-state index contributed by atoms with van der Waals surface area (Å²) in [6.07, 6.45) is 5.63. The van der Waals surface area contributed by atoms with Gasteiger partial charge in [-0.2, -0.15) is 0 Å². The van der Waals surface area contributed by atoms with Crippen LogP contribution in [0.25, 0.3) is 10.9 Å². The van der Waals surface area contributed by atoms with Crippen molar-refractivity contribution in [2.24, 2.45) is 5.92 Å². The van der Waals surface area contributed by atoms with E-state index in [1.165, 1.54) is 24.0 Å². The van der Waals surface area contributed by atoms with Crippen LogP contribution in [-0.2, 0) is 6.42 Å². The van der Waals surface area contributed by atoms with Crippen molar-refractivity contribution in [2.75, 3.05) is 18.0 Å². The summed E-state index contributed by atoms with van der Waals surface area (Å²) in [6, 6.07) is 18.6. The van der Waals surface area contributed by atoms with Crippen LogP contribution in [0.15, 0.2) is 54.6 Å². The van der Waals surface area contributed by atoms with Crippen LogP contribution < -0.4 is 10.2 Å². The van der Waals surface area contributed by atoms with Crippen molar-refractivity contribution in [3.8, 4) is 0 Å². The molecule has 2 aliphatic rings. The molecule has 4 heteroatoms. The third-order valence-electron chi connectivity index (χ3n) is 6.60. The molecule has 0 spiro atoms. The first-order chi connectivity index (χ1) is 14.7. The fraction of sp³-hybridized carbons (Fsp3) is 0.385. The van der Waals surface area contributed by atoms with Crippen LogP contribution in [0.2, 0.25) is 0 Å². The van der Waals surface area contributed by atoms with E-state index in [-0.39, 0.29) is 11.9 Å². The number of pyridine rings is 1. The maximum absolute atomic E-state index is 13.5. The fourth-order valence-corrected chi connectivity index (χ4v) is 5.05. The highest BCUT2D eigenvalue weighted by Crippen LogP contribution is 2.31. The number of rotatable bonds is 3. The maximum atomic E-state index is 13.5. The number of piperidine rings is 1. The highest BCUT2D eigenvalue weighted by atomic mass is 16.1. The number of nitrogens with one attached hydrogen (secondary N) is 1. The molecule has 0 saturated carbocycles. The van der Waals surface area contributed by atoms with E-state index < -0.39 is 0 Å². The third-order valence-corrected chi connectivity index (χ3v) is 6.60. The van der Waals surface area contributed by atoms with Gasteiger partial charge >= 0.3 is 0 Å². The SMILES string of the molecule is CC1CCCN(c2cc(C(=O)NC3CCCc4ccccc43)c3ccccc3n2)C1. The van der Waals surface area contributed by atoms with Crippen LogP contribution in [0.1, 0.15) is 60.1 Å². The highest BCUT2D eigenvalue weighted by molar-refractivity contribution is 6.07. The average molecular weight is 400 g/mol. The van der Waals surface area contributed by atoms with Crippen LogP contribution in [0.3, 0.4) is 0 Å². The summed E-state index contributed by atoms with van der Waals surface area (Å²) in [5, 5.41) is 4.26.